The van der Waals surface area contributed by atoms with Crippen molar-refractivity contribution in [3.05, 3.63) is 46.4 Å². The summed E-state index contributed by atoms with van der Waals surface area (Å²) in [6.45, 7) is 7.22. The Labute approximate surface area is 188 Å². The van der Waals surface area contributed by atoms with Gasteiger partial charge in [-0.2, -0.15) is 0 Å². The van der Waals surface area contributed by atoms with Gasteiger partial charge in [0.2, 0.25) is 5.91 Å². The third-order valence-electron chi connectivity index (χ3n) is 5.86. The van der Waals surface area contributed by atoms with E-state index in [0.29, 0.717) is 18.5 Å². The number of carbonyl (C=O) groups is 2. The molecule has 1 aromatic heterocycles. The molecule has 8 nitrogen and oxygen atoms in total. The Bertz CT molecular complexity index is 1020. The molecule has 2 amide bonds. The van der Waals surface area contributed by atoms with Crippen LogP contribution < -0.4 is 16.2 Å². The van der Waals surface area contributed by atoms with Gasteiger partial charge < -0.3 is 15.4 Å². The van der Waals surface area contributed by atoms with E-state index in [1.807, 2.05) is 30.3 Å². The summed E-state index contributed by atoms with van der Waals surface area (Å²) in [4.78, 5) is 38.8. The molecule has 1 heterocycles. The van der Waals surface area contributed by atoms with E-state index < -0.39 is 17.6 Å². The van der Waals surface area contributed by atoms with Crippen molar-refractivity contribution in [3.8, 4) is 5.69 Å². The minimum atomic E-state index is -0.615. The second-order valence-corrected chi connectivity index (χ2v) is 9.42. The summed E-state index contributed by atoms with van der Waals surface area (Å²) < 4.78 is 8.66. The number of amides is 2. The number of rotatable bonds is 4. The maximum absolute atomic E-state index is 13.3. The van der Waals surface area contributed by atoms with Crippen molar-refractivity contribution in [2.24, 2.45) is 13.0 Å². The Balaban J connectivity index is 1.83. The molecule has 2 aromatic rings. The molecule has 2 atom stereocenters. The molecule has 1 saturated carbocycles. The number of para-hydroxylation sites is 1. The Kier molecular flexibility index (Phi) is 7.11. The van der Waals surface area contributed by atoms with Gasteiger partial charge in [0.05, 0.1) is 17.3 Å². The van der Waals surface area contributed by atoms with Gasteiger partial charge in [0.1, 0.15) is 11.3 Å². The van der Waals surface area contributed by atoms with Crippen LogP contribution >= 0.6 is 0 Å². The molecular weight excluding hydrogens is 408 g/mol. The second kappa shape index (κ2) is 9.63. The normalized spacial score (nSPS) is 19.2. The first kappa shape index (κ1) is 23.6. The quantitative estimate of drug-likeness (QED) is 0.702. The molecule has 0 spiro atoms. The first-order chi connectivity index (χ1) is 15.1. The van der Waals surface area contributed by atoms with E-state index in [2.05, 4.69) is 10.6 Å². The lowest BCUT2D eigenvalue weighted by atomic mass is 9.93. The molecule has 0 bridgehead atoms. The highest BCUT2D eigenvalue weighted by Crippen LogP contribution is 2.26. The predicted octanol–water partition coefficient (Wildman–Crippen LogP) is 3.90. The van der Waals surface area contributed by atoms with Gasteiger partial charge in [0, 0.05) is 13.1 Å². The summed E-state index contributed by atoms with van der Waals surface area (Å²) in [5.74, 6) is -0.687. The number of alkyl carbamates (subject to hydrolysis) is 1. The highest BCUT2D eigenvalue weighted by atomic mass is 16.6. The lowest BCUT2D eigenvalue weighted by Gasteiger charge is -2.27. The third-order valence-corrected chi connectivity index (χ3v) is 5.86. The zero-order valence-electron chi connectivity index (χ0n) is 19.6. The number of nitrogens with zero attached hydrogens (tertiary/aromatic N) is 2. The summed E-state index contributed by atoms with van der Waals surface area (Å²) in [6.07, 6.45) is 3.64. The van der Waals surface area contributed by atoms with E-state index in [0.717, 1.165) is 24.9 Å². The average Bonchev–Trinajstić information content (AvgIpc) is 2.88. The molecule has 0 unspecified atom stereocenters. The molecule has 1 aliphatic rings. The van der Waals surface area contributed by atoms with Crippen molar-refractivity contribution in [3.63, 3.8) is 0 Å². The molecule has 1 fully saturated rings. The molecule has 0 aliphatic heterocycles. The van der Waals surface area contributed by atoms with Gasteiger partial charge >= 0.3 is 6.09 Å². The number of aromatic nitrogens is 2. The van der Waals surface area contributed by atoms with E-state index in [4.69, 9.17) is 4.74 Å². The van der Waals surface area contributed by atoms with Gasteiger partial charge in [-0.25, -0.2) is 9.48 Å². The van der Waals surface area contributed by atoms with Gasteiger partial charge in [-0.15, -0.1) is 0 Å². The van der Waals surface area contributed by atoms with Crippen molar-refractivity contribution >= 4 is 17.7 Å². The predicted molar refractivity (Wildman–Crippen MR) is 124 cm³/mol. The molecule has 0 saturated heterocycles. The highest BCUT2D eigenvalue weighted by Gasteiger charge is 2.33. The van der Waals surface area contributed by atoms with E-state index in [1.54, 1.807) is 39.4 Å². The topological polar surface area (TPSA) is 94.4 Å². The molecular formula is C24H34N4O4. The molecule has 8 heteroatoms. The van der Waals surface area contributed by atoms with Crippen LogP contribution in [-0.4, -0.2) is 33.0 Å². The summed E-state index contributed by atoms with van der Waals surface area (Å²) in [5.41, 5.74) is 0.757. The van der Waals surface area contributed by atoms with E-state index in [1.165, 1.54) is 4.68 Å². The molecule has 3 rings (SSSR count). The SMILES string of the molecule is Cc1c(NC(=O)[C@@H]2CCCCC[C@@H]2NC(=O)OC(C)(C)C)c(=O)n(-c2ccccc2)n1C. The van der Waals surface area contributed by atoms with E-state index >= 15 is 0 Å². The molecule has 32 heavy (non-hydrogen) atoms. The van der Waals surface area contributed by atoms with Crippen molar-refractivity contribution in [2.75, 3.05) is 5.32 Å². The van der Waals surface area contributed by atoms with Crippen LogP contribution in [0.3, 0.4) is 0 Å². The number of hydrogen-bond acceptors (Lipinski definition) is 4. The first-order valence-electron chi connectivity index (χ1n) is 11.2. The van der Waals surface area contributed by atoms with Crippen molar-refractivity contribution in [1.29, 1.82) is 0 Å². The highest BCUT2D eigenvalue weighted by molar-refractivity contribution is 5.93. The van der Waals surface area contributed by atoms with Gasteiger partial charge in [-0.1, -0.05) is 37.5 Å². The zero-order valence-corrected chi connectivity index (χ0v) is 19.6. The smallest absolute Gasteiger partial charge is 0.407 e. The largest absolute Gasteiger partial charge is 0.444 e. The van der Waals surface area contributed by atoms with Crippen LogP contribution in [0.5, 0.6) is 0 Å². The summed E-state index contributed by atoms with van der Waals surface area (Å²) in [5, 5.41) is 5.77. The van der Waals surface area contributed by atoms with Gasteiger partial charge in [-0.05, 0) is 52.7 Å². The number of hydrogen-bond donors (Lipinski definition) is 2. The number of carbonyl (C=O) groups excluding carboxylic acids is 2. The second-order valence-electron chi connectivity index (χ2n) is 9.42. The fourth-order valence-electron chi connectivity index (χ4n) is 4.18. The average molecular weight is 443 g/mol. The fourth-order valence-corrected chi connectivity index (χ4v) is 4.18. The Morgan fingerprint density at radius 2 is 1.72 bits per heavy atom. The summed E-state index contributed by atoms with van der Waals surface area (Å²) in [6, 6.07) is 8.96. The molecule has 0 radical (unpaired) electrons. The van der Waals surface area contributed by atoms with Crippen LogP contribution in [0.2, 0.25) is 0 Å². The van der Waals surface area contributed by atoms with Crippen LogP contribution in [0, 0.1) is 12.8 Å². The number of nitrogens with one attached hydrogen (secondary N) is 2. The van der Waals surface area contributed by atoms with E-state index in [-0.39, 0.29) is 23.2 Å². The number of anilines is 1. The van der Waals surface area contributed by atoms with Crippen molar-refractivity contribution in [1.82, 2.24) is 14.7 Å². The van der Waals surface area contributed by atoms with Crippen LogP contribution in [-0.2, 0) is 16.6 Å². The Morgan fingerprint density at radius 1 is 1.06 bits per heavy atom. The van der Waals surface area contributed by atoms with Gasteiger partial charge in [-0.3, -0.25) is 14.3 Å². The van der Waals surface area contributed by atoms with Crippen LogP contribution in [0.1, 0.15) is 58.6 Å². The van der Waals surface area contributed by atoms with Crippen molar-refractivity contribution in [2.45, 2.75) is 71.4 Å². The third kappa shape index (κ3) is 5.41. The van der Waals surface area contributed by atoms with E-state index in [9.17, 15) is 14.4 Å². The van der Waals surface area contributed by atoms with Crippen LogP contribution in [0.4, 0.5) is 10.5 Å². The van der Waals surface area contributed by atoms with Crippen LogP contribution in [0.25, 0.3) is 5.69 Å². The standard InChI is InChI=1S/C24H34N4O4/c1-16-20(22(30)28(27(16)5)17-12-8-6-9-13-17)26-21(29)18-14-10-7-11-15-19(18)25-23(31)32-24(2,3)4/h6,8-9,12-13,18-19H,7,10-11,14-15H2,1-5H3,(H,25,31)(H,26,29)/t18-,19+/m1/s1. The minimum Gasteiger partial charge on any atom is -0.444 e. The van der Waals surface area contributed by atoms with Gasteiger partial charge in [0.15, 0.2) is 0 Å². The van der Waals surface area contributed by atoms with Crippen LogP contribution in [0.15, 0.2) is 35.1 Å². The number of ether oxygens (including phenoxy) is 1. The monoisotopic (exact) mass is 442 g/mol. The summed E-state index contributed by atoms with van der Waals surface area (Å²) in [7, 11) is 1.79. The lowest BCUT2D eigenvalue weighted by molar-refractivity contribution is -0.120. The fraction of sp³-hybridized carbons (Fsp3) is 0.542. The van der Waals surface area contributed by atoms with Crippen molar-refractivity contribution < 1.29 is 14.3 Å². The molecule has 2 N–H and O–H groups in total. The summed E-state index contributed by atoms with van der Waals surface area (Å²) >= 11 is 0. The molecule has 1 aliphatic carbocycles. The zero-order chi connectivity index (χ0) is 23.5. The number of benzene rings is 1. The lowest BCUT2D eigenvalue weighted by Crippen LogP contribution is -2.46. The Hall–Kier alpha value is -3.03. The van der Waals surface area contributed by atoms with Gasteiger partial charge in [0.25, 0.3) is 5.56 Å². The maximum Gasteiger partial charge on any atom is 0.407 e. The first-order valence-corrected chi connectivity index (χ1v) is 11.2. The molecule has 1 aromatic carbocycles. The maximum atomic E-state index is 13.3. The molecule has 174 valence electrons. The minimum absolute atomic E-state index is 0.251. The Morgan fingerprint density at radius 3 is 2.38 bits per heavy atom.